The first-order valence-electron chi connectivity index (χ1n) is 12.5. The molecule has 2 aromatic carbocycles. The summed E-state index contributed by atoms with van der Waals surface area (Å²) in [5.74, 6) is -0.830. The van der Waals surface area contributed by atoms with Crippen LogP contribution in [-0.4, -0.2) is 59.3 Å². The number of rotatable bonds is 6. The number of hydrogen-bond donors (Lipinski definition) is 2. The van der Waals surface area contributed by atoms with E-state index in [0.29, 0.717) is 57.1 Å². The molecule has 2 aliphatic rings. The third-order valence-electron chi connectivity index (χ3n) is 7.27. The molecule has 1 aliphatic heterocycles. The van der Waals surface area contributed by atoms with Crippen LogP contribution in [-0.2, 0) is 6.18 Å². The number of aliphatic hydroxyl groups is 1. The molecular weight excluding hydrogens is 488 g/mol. The number of aliphatic hydroxyl groups excluding tert-OH is 1. The Balaban J connectivity index is 1.47. The molecular formula is C27H30F4N4O2. The quantitative estimate of drug-likeness (QED) is 0.506. The van der Waals surface area contributed by atoms with Gasteiger partial charge < -0.3 is 15.3 Å². The van der Waals surface area contributed by atoms with Crippen LogP contribution in [0.4, 0.5) is 28.0 Å². The molecule has 1 heterocycles. The molecule has 1 saturated heterocycles. The third-order valence-corrected chi connectivity index (χ3v) is 7.27. The number of carbonyl (C=O) groups is 1. The predicted molar refractivity (Wildman–Crippen MR) is 130 cm³/mol. The van der Waals surface area contributed by atoms with Crippen LogP contribution in [0.3, 0.4) is 0 Å². The lowest BCUT2D eigenvalue weighted by Crippen LogP contribution is -2.47. The summed E-state index contributed by atoms with van der Waals surface area (Å²) in [5.41, 5.74) is 0.266. The molecule has 1 unspecified atom stereocenters. The highest BCUT2D eigenvalue weighted by Crippen LogP contribution is 2.36. The molecule has 0 aromatic heterocycles. The van der Waals surface area contributed by atoms with Crippen molar-refractivity contribution < 1.29 is 27.5 Å². The number of anilines is 1. The topological polar surface area (TPSA) is 79.6 Å². The minimum atomic E-state index is -4.74. The number of urea groups is 1. The number of halogens is 4. The summed E-state index contributed by atoms with van der Waals surface area (Å²) in [7, 11) is 0. The van der Waals surface area contributed by atoms with E-state index in [-0.39, 0.29) is 17.6 Å². The number of nitrogens with one attached hydrogen (secondary N) is 1. The Labute approximate surface area is 213 Å². The maximum Gasteiger partial charge on any atom is 0.416 e. The van der Waals surface area contributed by atoms with E-state index >= 15 is 0 Å². The van der Waals surface area contributed by atoms with Crippen LogP contribution >= 0.6 is 0 Å². The van der Waals surface area contributed by atoms with Gasteiger partial charge in [-0.25, -0.2) is 9.18 Å². The standard InChI is InChI=1S/C27H30F4N4O2/c28-22-13-21(27(29,30)31)14-23(15-22)33-26(37)35(11-10-34-9-8-25(36)17-34)24-6-4-19(5-7-24)20-3-1-2-18(12-20)16-32/h1-3,12-15,19,24-25,36H,4-11,17H2,(H,33,37). The van der Waals surface area contributed by atoms with Crippen LogP contribution in [0.1, 0.15) is 54.7 Å². The van der Waals surface area contributed by atoms with Gasteiger partial charge in [0.05, 0.1) is 23.3 Å². The van der Waals surface area contributed by atoms with Crippen LogP contribution in [0.5, 0.6) is 0 Å². The lowest BCUT2D eigenvalue weighted by Gasteiger charge is -2.38. The van der Waals surface area contributed by atoms with E-state index in [1.54, 1.807) is 11.0 Å². The van der Waals surface area contributed by atoms with Gasteiger partial charge in [-0.05, 0) is 73.9 Å². The molecule has 10 heteroatoms. The fourth-order valence-electron chi connectivity index (χ4n) is 5.32. The van der Waals surface area contributed by atoms with Gasteiger partial charge in [0.1, 0.15) is 5.82 Å². The number of nitriles is 1. The van der Waals surface area contributed by atoms with E-state index in [0.717, 1.165) is 30.5 Å². The largest absolute Gasteiger partial charge is 0.416 e. The molecule has 2 fully saturated rings. The van der Waals surface area contributed by atoms with Gasteiger partial charge in [-0.3, -0.25) is 4.90 Å². The molecule has 0 spiro atoms. The summed E-state index contributed by atoms with van der Waals surface area (Å²) in [5, 5.41) is 21.5. The van der Waals surface area contributed by atoms with E-state index in [9.17, 15) is 32.7 Å². The van der Waals surface area contributed by atoms with Crippen molar-refractivity contribution in [3.8, 4) is 6.07 Å². The van der Waals surface area contributed by atoms with Crippen molar-refractivity contribution in [1.82, 2.24) is 9.80 Å². The van der Waals surface area contributed by atoms with Crippen molar-refractivity contribution in [2.24, 2.45) is 0 Å². The zero-order chi connectivity index (χ0) is 26.6. The number of alkyl halides is 3. The minimum absolute atomic E-state index is 0.140. The van der Waals surface area contributed by atoms with Gasteiger partial charge in [0, 0.05) is 37.9 Å². The molecule has 2 amide bonds. The third kappa shape index (κ3) is 6.99. The van der Waals surface area contributed by atoms with Gasteiger partial charge in [0.2, 0.25) is 0 Å². The highest BCUT2D eigenvalue weighted by Gasteiger charge is 2.33. The summed E-state index contributed by atoms with van der Waals surface area (Å²) in [4.78, 5) is 17.0. The highest BCUT2D eigenvalue weighted by atomic mass is 19.4. The number of nitrogens with zero attached hydrogens (tertiary/aromatic N) is 3. The van der Waals surface area contributed by atoms with Crippen molar-refractivity contribution in [2.45, 2.75) is 56.3 Å². The fraction of sp³-hybridized carbons (Fsp3) is 0.481. The number of hydrogen-bond acceptors (Lipinski definition) is 4. The van der Waals surface area contributed by atoms with E-state index in [4.69, 9.17) is 0 Å². The maximum absolute atomic E-state index is 13.9. The van der Waals surface area contributed by atoms with Crippen LogP contribution in [0.25, 0.3) is 0 Å². The van der Waals surface area contributed by atoms with Gasteiger partial charge >= 0.3 is 12.2 Å². The molecule has 4 rings (SSSR count). The zero-order valence-corrected chi connectivity index (χ0v) is 20.3. The normalized spacial score (nSPS) is 22.4. The second-order valence-corrected chi connectivity index (χ2v) is 9.84. The number of likely N-dealkylation sites (tertiary alicyclic amines) is 1. The average Bonchev–Trinajstić information content (AvgIpc) is 3.28. The molecule has 1 aliphatic carbocycles. The van der Waals surface area contributed by atoms with Gasteiger partial charge in [0.25, 0.3) is 0 Å². The van der Waals surface area contributed by atoms with Crippen molar-refractivity contribution in [1.29, 1.82) is 5.26 Å². The lowest BCUT2D eigenvalue weighted by molar-refractivity contribution is -0.137. The van der Waals surface area contributed by atoms with Crippen molar-refractivity contribution >= 4 is 11.7 Å². The van der Waals surface area contributed by atoms with Crippen molar-refractivity contribution in [3.05, 3.63) is 65.0 Å². The second kappa shape index (κ2) is 11.5. The summed E-state index contributed by atoms with van der Waals surface area (Å²) in [6, 6.07) is 10.9. The molecule has 1 saturated carbocycles. The summed E-state index contributed by atoms with van der Waals surface area (Å²) in [6.45, 7) is 2.07. The van der Waals surface area contributed by atoms with Crippen LogP contribution < -0.4 is 5.32 Å². The lowest BCUT2D eigenvalue weighted by atomic mass is 9.81. The number of amides is 2. The molecule has 37 heavy (non-hydrogen) atoms. The van der Waals surface area contributed by atoms with E-state index in [1.807, 2.05) is 23.1 Å². The Hall–Kier alpha value is -3.16. The maximum atomic E-state index is 13.9. The molecule has 0 bridgehead atoms. The second-order valence-electron chi connectivity index (χ2n) is 9.84. The van der Waals surface area contributed by atoms with Gasteiger partial charge in [0.15, 0.2) is 0 Å². The van der Waals surface area contributed by atoms with E-state index in [2.05, 4.69) is 11.4 Å². The molecule has 2 aromatic rings. The first-order chi connectivity index (χ1) is 17.6. The molecule has 0 radical (unpaired) electrons. The Bertz CT molecular complexity index is 1140. The fourth-order valence-corrected chi connectivity index (χ4v) is 5.32. The smallest absolute Gasteiger partial charge is 0.392 e. The van der Waals surface area contributed by atoms with Crippen molar-refractivity contribution in [2.75, 3.05) is 31.5 Å². The summed E-state index contributed by atoms with van der Waals surface area (Å²) < 4.78 is 53.3. The van der Waals surface area contributed by atoms with E-state index < -0.39 is 29.7 Å². The highest BCUT2D eigenvalue weighted by molar-refractivity contribution is 5.89. The van der Waals surface area contributed by atoms with Crippen molar-refractivity contribution in [3.63, 3.8) is 0 Å². The summed E-state index contributed by atoms with van der Waals surface area (Å²) >= 11 is 0. The number of benzene rings is 2. The van der Waals surface area contributed by atoms with Gasteiger partial charge in [-0.1, -0.05) is 12.1 Å². The number of carbonyl (C=O) groups excluding carboxylic acids is 1. The molecule has 2 N–H and O–H groups in total. The van der Waals surface area contributed by atoms with Gasteiger partial charge in [-0.15, -0.1) is 0 Å². The Morgan fingerprint density at radius 2 is 1.89 bits per heavy atom. The van der Waals surface area contributed by atoms with Crippen LogP contribution in [0, 0.1) is 17.1 Å². The van der Waals surface area contributed by atoms with Crippen LogP contribution in [0.15, 0.2) is 42.5 Å². The Morgan fingerprint density at radius 3 is 2.54 bits per heavy atom. The molecule has 198 valence electrons. The first-order valence-corrected chi connectivity index (χ1v) is 12.5. The Kier molecular flexibility index (Phi) is 8.35. The predicted octanol–water partition coefficient (Wildman–Crippen LogP) is 5.34. The molecule has 1 atom stereocenters. The van der Waals surface area contributed by atoms with Gasteiger partial charge in [-0.2, -0.15) is 18.4 Å². The first kappa shape index (κ1) is 26.9. The summed E-state index contributed by atoms with van der Waals surface area (Å²) in [6.07, 6.45) is -1.52. The molecule has 6 nitrogen and oxygen atoms in total. The minimum Gasteiger partial charge on any atom is -0.392 e. The monoisotopic (exact) mass is 518 g/mol. The SMILES string of the molecule is N#Cc1cccc(C2CCC(N(CCN3CCC(O)C3)C(=O)Nc3cc(F)cc(C(F)(F)F)c3)CC2)c1. The van der Waals surface area contributed by atoms with E-state index in [1.165, 1.54) is 0 Å². The average molecular weight is 519 g/mol. The number of β-amino-alcohol motifs (C(OH)–C–C–N with tert-alkyl or cyclic N) is 1. The Morgan fingerprint density at radius 1 is 1.14 bits per heavy atom. The van der Waals surface area contributed by atoms with Crippen LogP contribution in [0.2, 0.25) is 0 Å². The zero-order valence-electron chi connectivity index (χ0n) is 20.3.